The molecule has 2 unspecified atom stereocenters. The Bertz CT molecular complexity index is 803. The zero-order valence-electron chi connectivity index (χ0n) is 16.9. The summed E-state index contributed by atoms with van der Waals surface area (Å²) in [6.45, 7) is 5.18. The minimum atomic E-state index is -0.0793. The van der Waals surface area contributed by atoms with Crippen LogP contribution >= 0.6 is 0 Å². The minimum absolute atomic E-state index is 0.0793. The normalized spacial score (nSPS) is 24.6. The molecule has 2 fully saturated rings. The number of hydrogen-bond donors (Lipinski definition) is 2. The summed E-state index contributed by atoms with van der Waals surface area (Å²) < 4.78 is 0. The highest BCUT2D eigenvalue weighted by Gasteiger charge is 2.38. The number of carbonyl (C=O) groups is 1. The first-order chi connectivity index (χ1) is 13.6. The lowest BCUT2D eigenvalue weighted by Crippen LogP contribution is -2.56. The molecule has 4 heteroatoms. The van der Waals surface area contributed by atoms with Gasteiger partial charge in [-0.25, -0.2) is 4.79 Å². The third kappa shape index (κ3) is 4.39. The van der Waals surface area contributed by atoms with Gasteiger partial charge in [0.05, 0.1) is 0 Å². The van der Waals surface area contributed by atoms with Crippen LogP contribution in [0.25, 0.3) is 0 Å². The van der Waals surface area contributed by atoms with Crippen molar-refractivity contribution >= 4 is 11.7 Å². The first-order valence-corrected chi connectivity index (χ1v) is 10.5. The van der Waals surface area contributed by atoms with E-state index in [1.807, 2.05) is 31.2 Å². The number of nitrogens with one attached hydrogen (secondary N) is 2. The Morgan fingerprint density at radius 3 is 2.36 bits per heavy atom. The molecule has 2 saturated heterocycles. The van der Waals surface area contributed by atoms with E-state index in [0.29, 0.717) is 12.1 Å². The van der Waals surface area contributed by atoms with Gasteiger partial charge in [-0.1, -0.05) is 54.4 Å². The molecule has 0 aromatic heterocycles. The summed E-state index contributed by atoms with van der Waals surface area (Å²) >= 11 is 0. The summed E-state index contributed by atoms with van der Waals surface area (Å²) in [6, 6.07) is 18.1. The fourth-order valence-corrected chi connectivity index (χ4v) is 4.82. The third-order valence-electron chi connectivity index (χ3n) is 6.34. The predicted octanol–water partition coefficient (Wildman–Crippen LogP) is 5.01. The van der Waals surface area contributed by atoms with Crippen molar-refractivity contribution in [1.29, 1.82) is 0 Å². The molecule has 0 aliphatic carbocycles. The van der Waals surface area contributed by atoms with Gasteiger partial charge in [-0.15, -0.1) is 0 Å². The second-order valence-electron chi connectivity index (χ2n) is 8.48. The number of urea groups is 1. The number of aryl methyl sites for hydroxylation is 2. The molecule has 2 amide bonds. The number of para-hydroxylation sites is 1. The Morgan fingerprint density at radius 1 is 1.00 bits per heavy atom. The van der Waals surface area contributed by atoms with Gasteiger partial charge in [-0.05, 0) is 56.7 Å². The van der Waals surface area contributed by atoms with Crippen LogP contribution in [-0.4, -0.2) is 29.1 Å². The van der Waals surface area contributed by atoms with Crippen molar-refractivity contribution in [2.24, 2.45) is 0 Å². The van der Waals surface area contributed by atoms with Gasteiger partial charge in [0.15, 0.2) is 0 Å². The third-order valence-corrected chi connectivity index (χ3v) is 6.34. The molecular formula is C24H31N3O. The van der Waals surface area contributed by atoms with E-state index in [1.165, 1.54) is 30.4 Å². The fourth-order valence-electron chi connectivity index (χ4n) is 4.82. The second-order valence-corrected chi connectivity index (χ2v) is 8.48. The van der Waals surface area contributed by atoms with Crippen molar-refractivity contribution in [1.82, 2.24) is 10.2 Å². The topological polar surface area (TPSA) is 44.4 Å². The smallest absolute Gasteiger partial charge is 0.319 e. The Labute approximate surface area is 168 Å². The zero-order chi connectivity index (χ0) is 19.5. The molecule has 0 saturated carbocycles. The summed E-state index contributed by atoms with van der Waals surface area (Å²) in [4.78, 5) is 15.2. The van der Waals surface area contributed by atoms with Crippen LogP contribution < -0.4 is 10.6 Å². The summed E-state index contributed by atoms with van der Waals surface area (Å²) in [5.74, 6) is 0. The summed E-state index contributed by atoms with van der Waals surface area (Å²) in [6.07, 6.45) is 5.87. The molecule has 2 atom stereocenters. The van der Waals surface area contributed by atoms with Gasteiger partial charge in [0.2, 0.25) is 0 Å². The van der Waals surface area contributed by atoms with E-state index < -0.39 is 0 Å². The Kier molecular flexibility index (Phi) is 5.67. The molecule has 2 heterocycles. The van der Waals surface area contributed by atoms with Gasteiger partial charge in [0.1, 0.15) is 0 Å². The molecule has 2 aromatic carbocycles. The number of nitrogens with zero attached hydrogens (tertiary/aromatic N) is 1. The second kappa shape index (κ2) is 8.36. The van der Waals surface area contributed by atoms with Crippen LogP contribution in [0, 0.1) is 13.8 Å². The highest BCUT2D eigenvalue weighted by Crippen LogP contribution is 2.35. The maximum Gasteiger partial charge on any atom is 0.319 e. The van der Waals surface area contributed by atoms with Crippen LogP contribution in [0.4, 0.5) is 10.5 Å². The summed E-state index contributed by atoms with van der Waals surface area (Å²) in [5, 5.41) is 6.25. The molecule has 0 radical (unpaired) electrons. The molecule has 2 bridgehead atoms. The summed E-state index contributed by atoms with van der Waals surface area (Å²) in [5.41, 5.74) is 4.68. The Balaban J connectivity index is 1.37. The average molecular weight is 378 g/mol. The highest BCUT2D eigenvalue weighted by atomic mass is 16.2. The lowest BCUT2D eigenvalue weighted by Gasteiger charge is -2.49. The van der Waals surface area contributed by atoms with E-state index in [0.717, 1.165) is 30.6 Å². The van der Waals surface area contributed by atoms with Crippen LogP contribution in [0.3, 0.4) is 0 Å². The molecule has 148 valence electrons. The SMILES string of the molecule is Cc1ccc(CN2C3CCCC2CC(NC(=O)Nc2ccccc2C)C3)cc1. The fraction of sp³-hybridized carbons (Fsp3) is 0.458. The van der Waals surface area contributed by atoms with Crippen LogP contribution in [0.1, 0.15) is 48.8 Å². The predicted molar refractivity (Wildman–Crippen MR) is 115 cm³/mol. The Hall–Kier alpha value is -2.33. The molecule has 2 aliphatic rings. The van der Waals surface area contributed by atoms with E-state index in [-0.39, 0.29) is 12.1 Å². The number of hydrogen-bond acceptors (Lipinski definition) is 2. The monoisotopic (exact) mass is 377 g/mol. The van der Waals surface area contributed by atoms with Gasteiger partial charge in [0.25, 0.3) is 0 Å². The lowest BCUT2D eigenvalue weighted by molar-refractivity contribution is 0.0200. The maximum atomic E-state index is 12.5. The molecule has 2 aliphatic heterocycles. The summed E-state index contributed by atoms with van der Waals surface area (Å²) in [7, 11) is 0. The number of piperidine rings is 2. The molecule has 4 rings (SSSR count). The molecule has 4 nitrogen and oxygen atoms in total. The van der Waals surface area contributed by atoms with Crippen molar-refractivity contribution in [2.45, 2.75) is 70.6 Å². The van der Waals surface area contributed by atoms with Crippen molar-refractivity contribution in [3.8, 4) is 0 Å². The van der Waals surface area contributed by atoms with E-state index >= 15 is 0 Å². The van der Waals surface area contributed by atoms with E-state index in [1.54, 1.807) is 0 Å². The first kappa shape index (κ1) is 19.0. The number of amides is 2. The van der Waals surface area contributed by atoms with E-state index in [2.05, 4.69) is 46.7 Å². The van der Waals surface area contributed by atoms with E-state index in [9.17, 15) is 4.79 Å². The van der Waals surface area contributed by atoms with Gasteiger partial charge in [0, 0.05) is 30.4 Å². The minimum Gasteiger partial charge on any atom is -0.335 e. The van der Waals surface area contributed by atoms with E-state index in [4.69, 9.17) is 0 Å². The molecule has 0 spiro atoms. The molecular weight excluding hydrogens is 346 g/mol. The van der Waals surface area contributed by atoms with Crippen molar-refractivity contribution in [2.75, 3.05) is 5.32 Å². The van der Waals surface area contributed by atoms with Gasteiger partial charge in [-0.3, -0.25) is 4.90 Å². The van der Waals surface area contributed by atoms with Crippen LogP contribution in [0.15, 0.2) is 48.5 Å². The standard InChI is InChI=1S/C24H31N3O/c1-17-10-12-19(13-11-17)16-27-21-7-5-8-22(27)15-20(14-21)25-24(28)26-23-9-4-3-6-18(23)2/h3-4,6,9-13,20-22H,5,7-8,14-16H2,1-2H3,(H2,25,26,28). The van der Waals surface area contributed by atoms with Crippen LogP contribution in [0.2, 0.25) is 0 Å². The van der Waals surface area contributed by atoms with Crippen LogP contribution in [-0.2, 0) is 6.54 Å². The van der Waals surface area contributed by atoms with Crippen molar-refractivity contribution < 1.29 is 4.79 Å². The number of fused-ring (bicyclic) bond motifs is 2. The van der Waals surface area contributed by atoms with Crippen molar-refractivity contribution in [3.05, 3.63) is 65.2 Å². The molecule has 2 N–H and O–H groups in total. The van der Waals surface area contributed by atoms with Gasteiger partial charge in [-0.2, -0.15) is 0 Å². The maximum absolute atomic E-state index is 12.5. The first-order valence-electron chi connectivity index (χ1n) is 10.5. The number of rotatable bonds is 4. The Morgan fingerprint density at radius 2 is 1.68 bits per heavy atom. The largest absolute Gasteiger partial charge is 0.335 e. The molecule has 2 aromatic rings. The number of anilines is 1. The lowest BCUT2D eigenvalue weighted by atomic mass is 9.81. The zero-order valence-corrected chi connectivity index (χ0v) is 16.9. The van der Waals surface area contributed by atoms with Crippen molar-refractivity contribution in [3.63, 3.8) is 0 Å². The van der Waals surface area contributed by atoms with Gasteiger partial charge < -0.3 is 10.6 Å². The number of carbonyl (C=O) groups excluding carboxylic acids is 1. The van der Waals surface area contributed by atoms with Gasteiger partial charge >= 0.3 is 6.03 Å². The number of benzene rings is 2. The average Bonchev–Trinajstić information content (AvgIpc) is 2.66. The molecule has 28 heavy (non-hydrogen) atoms. The quantitative estimate of drug-likeness (QED) is 0.786. The highest BCUT2D eigenvalue weighted by molar-refractivity contribution is 5.90. The van der Waals surface area contributed by atoms with Crippen LogP contribution in [0.5, 0.6) is 0 Å².